The summed E-state index contributed by atoms with van der Waals surface area (Å²) in [4.78, 5) is 12.2. The van der Waals surface area contributed by atoms with E-state index in [2.05, 4.69) is 5.32 Å². The first-order valence-electron chi connectivity index (χ1n) is 6.77. The van der Waals surface area contributed by atoms with Gasteiger partial charge in [-0.1, -0.05) is 42.5 Å². The molecule has 0 saturated heterocycles. The molecule has 0 bridgehead atoms. The Morgan fingerprint density at radius 1 is 0.905 bits per heavy atom. The Morgan fingerprint density at radius 3 is 2.43 bits per heavy atom. The van der Waals surface area contributed by atoms with E-state index in [1.54, 1.807) is 24.3 Å². The first kappa shape index (κ1) is 13.2. The summed E-state index contributed by atoms with van der Waals surface area (Å²) in [6, 6.07) is 20.3. The summed E-state index contributed by atoms with van der Waals surface area (Å²) in [5, 5.41) is 14.2. The molecule has 3 rings (SSSR count). The quantitative estimate of drug-likeness (QED) is 0.770. The van der Waals surface area contributed by atoms with Crippen LogP contribution in [0.15, 0.2) is 66.7 Å². The second-order valence-corrected chi connectivity index (χ2v) is 4.91. The van der Waals surface area contributed by atoms with Crippen LogP contribution in [0.1, 0.15) is 15.9 Å². The molecular weight excluding hydrogens is 262 g/mol. The van der Waals surface area contributed by atoms with Crippen LogP contribution in [0.25, 0.3) is 10.8 Å². The van der Waals surface area contributed by atoms with Crippen molar-refractivity contribution in [3.8, 4) is 5.75 Å². The lowest BCUT2D eigenvalue weighted by Crippen LogP contribution is -2.22. The molecule has 3 nitrogen and oxygen atoms in total. The van der Waals surface area contributed by atoms with Crippen LogP contribution in [0.2, 0.25) is 0 Å². The lowest BCUT2D eigenvalue weighted by Gasteiger charge is -2.07. The highest BCUT2D eigenvalue weighted by Crippen LogP contribution is 2.21. The molecule has 0 spiro atoms. The smallest absolute Gasteiger partial charge is 0.251 e. The fourth-order valence-electron chi connectivity index (χ4n) is 2.25. The number of hydrogen-bond donors (Lipinski definition) is 2. The maximum Gasteiger partial charge on any atom is 0.251 e. The lowest BCUT2D eigenvalue weighted by molar-refractivity contribution is 0.0951. The zero-order valence-electron chi connectivity index (χ0n) is 11.4. The normalized spacial score (nSPS) is 10.5. The van der Waals surface area contributed by atoms with Crippen molar-refractivity contribution in [2.45, 2.75) is 6.54 Å². The Kier molecular flexibility index (Phi) is 3.56. The van der Waals surface area contributed by atoms with Gasteiger partial charge in [0.15, 0.2) is 0 Å². The van der Waals surface area contributed by atoms with Crippen molar-refractivity contribution in [2.24, 2.45) is 0 Å². The van der Waals surface area contributed by atoms with Gasteiger partial charge in [0.25, 0.3) is 5.91 Å². The summed E-state index contributed by atoms with van der Waals surface area (Å²) < 4.78 is 0. The summed E-state index contributed by atoms with van der Waals surface area (Å²) in [7, 11) is 0. The molecule has 21 heavy (non-hydrogen) atoms. The van der Waals surface area contributed by atoms with Gasteiger partial charge >= 0.3 is 0 Å². The Bertz CT molecular complexity index is 782. The number of benzene rings is 3. The number of rotatable bonds is 3. The molecule has 0 atom stereocenters. The van der Waals surface area contributed by atoms with Crippen molar-refractivity contribution in [1.29, 1.82) is 0 Å². The largest absolute Gasteiger partial charge is 0.508 e. The molecule has 1 amide bonds. The number of hydrogen-bond acceptors (Lipinski definition) is 2. The summed E-state index contributed by atoms with van der Waals surface area (Å²) in [6.07, 6.45) is 0. The van der Waals surface area contributed by atoms with Gasteiger partial charge in [-0.3, -0.25) is 4.79 Å². The predicted molar refractivity (Wildman–Crippen MR) is 83.2 cm³/mol. The monoisotopic (exact) mass is 277 g/mol. The Morgan fingerprint density at radius 2 is 1.62 bits per heavy atom. The van der Waals surface area contributed by atoms with Crippen LogP contribution < -0.4 is 5.32 Å². The number of fused-ring (bicyclic) bond motifs is 1. The van der Waals surface area contributed by atoms with Crippen LogP contribution >= 0.6 is 0 Å². The van der Waals surface area contributed by atoms with Crippen molar-refractivity contribution >= 4 is 16.7 Å². The zero-order chi connectivity index (χ0) is 14.7. The lowest BCUT2D eigenvalue weighted by atomic mass is 10.1. The van der Waals surface area contributed by atoms with Gasteiger partial charge < -0.3 is 10.4 Å². The molecule has 0 radical (unpaired) electrons. The van der Waals surface area contributed by atoms with E-state index in [1.807, 2.05) is 42.5 Å². The molecule has 0 aliphatic carbocycles. The topological polar surface area (TPSA) is 49.3 Å². The van der Waals surface area contributed by atoms with Crippen molar-refractivity contribution < 1.29 is 9.90 Å². The molecule has 0 aliphatic rings. The molecule has 0 heterocycles. The number of carbonyl (C=O) groups excluding carboxylic acids is 1. The van der Waals surface area contributed by atoms with Crippen molar-refractivity contribution in [3.63, 3.8) is 0 Å². The van der Waals surface area contributed by atoms with Gasteiger partial charge in [-0.25, -0.2) is 0 Å². The van der Waals surface area contributed by atoms with Crippen LogP contribution in [0.5, 0.6) is 5.75 Å². The fourth-order valence-corrected chi connectivity index (χ4v) is 2.25. The molecule has 0 saturated carbocycles. The fraction of sp³-hybridized carbons (Fsp3) is 0.0556. The number of amides is 1. The molecule has 104 valence electrons. The van der Waals surface area contributed by atoms with Gasteiger partial charge in [-0.2, -0.15) is 0 Å². The number of aromatic hydroxyl groups is 1. The number of carbonyl (C=O) groups is 1. The van der Waals surface area contributed by atoms with E-state index in [1.165, 1.54) is 0 Å². The van der Waals surface area contributed by atoms with Gasteiger partial charge in [-0.05, 0) is 40.6 Å². The first-order valence-corrected chi connectivity index (χ1v) is 6.77. The van der Waals surface area contributed by atoms with Gasteiger partial charge in [-0.15, -0.1) is 0 Å². The summed E-state index contributed by atoms with van der Waals surface area (Å²) in [6.45, 7) is 0.507. The van der Waals surface area contributed by atoms with E-state index < -0.39 is 0 Å². The molecular formula is C18H15NO2. The third-order valence-corrected chi connectivity index (χ3v) is 3.38. The minimum Gasteiger partial charge on any atom is -0.508 e. The maximum atomic E-state index is 12.2. The number of nitrogens with one attached hydrogen (secondary N) is 1. The first-order chi connectivity index (χ1) is 10.2. The van der Waals surface area contributed by atoms with E-state index in [0.717, 1.165) is 16.3 Å². The molecule has 2 N–H and O–H groups in total. The Hall–Kier alpha value is -2.81. The highest BCUT2D eigenvalue weighted by molar-refractivity contribution is 5.98. The van der Waals surface area contributed by atoms with Crippen molar-refractivity contribution in [1.82, 2.24) is 5.32 Å². The molecule has 0 fully saturated rings. The van der Waals surface area contributed by atoms with Gasteiger partial charge in [0.05, 0.1) is 0 Å². The van der Waals surface area contributed by atoms with Crippen molar-refractivity contribution in [2.75, 3.05) is 0 Å². The second kappa shape index (κ2) is 5.67. The van der Waals surface area contributed by atoms with Crippen LogP contribution in [0.3, 0.4) is 0 Å². The molecule has 0 aromatic heterocycles. The third kappa shape index (κ3) is 3.03. The third-order valence-electron chi connectivity index (χ3n) is 3.38. The van der Waals surface area contributed by atoms with Crippen LogP contribution in [-0.4, -0.2) is 11.0 Å². The van der Waals surface area contributed by atoms with Crippen LogP contribution in [0.4, 0.5) is 0 Å². The molecule has 3 aromatic carbocycles. The van der Waals surface area contributed by atoms with E-state index in [9.17, 15) is 9.90 Å². The summed E-state index contributed by atoms with van der Waals surface area (Å²) in [5.74, 6) is 0.123. The minimum atomic E-state index is -0.103. The molecule has 3 aromatic rings. The van der Waals surface area contributed by atoms with Crippen LogP contribution in [-0.2, 0) is 6.54 Å². The highest BCUT2D eigenvalue weighted by Gasteiger charge is 2.06. The van der Waals surface area contributed by atoms with E-state index >= 15 is 0 Å². The predicted octanol–water partition coefficient (Wildman–Crippen LogP) is 3.48. The SMILES string of the molecule is O=C(NCc1ccccc1)c1ccc2cc(O)ccc2c1. The van der Waals surface area contributed by atoms with Gasteiger partial charge in [0.2, 0.25) is 0 Å². The maximum absolute atomic E-state index is 12.2. The number of phenolic OH excluding ortho intramolecular Hbond substituents is 1. The Balaban J connectivity index is 1.77. The average Bonchev–Trinajstić information content (AvgIpc) is 2.53. The molecule has 3 heteroatoms. The summed E-state index contributed by atoms with van der Waals surface area (Å²) in [5.41, 5.74) is 1.68. The minimum absolute atomic E-state index is 0.103. The highest BCUT2D eigenvalue weighted by atomic mass is 16.3. The number of phenols is 1. The second-order valence-electron chi connectivity index (χ2n) is 4.91. The zero-order valence-corrected chi connectivity index (χ0v) is 11.4. The van der Waals surface area contributed by atoms with E-state index in [0.29, 0.717) is 12.1 Å². The molecule has 0 aliphatic heterocycles. The van der Waals surface area contributed by atoms with E-state index in [-0.39, 0.29) is 11.7 Å². The van der Waals surface area contributed by atoms with Gasteiger partial charge in [0.1, 0.15) is 5.75 Å². The summed E-state index contributed by atoms with van der Waals surface area (Å²) >= 11 is 0. The van der Waals surface area contributed by atoms with Crippen LogP contribution in [0, 0.1) is 0 Å². The Labute approximate surface area is 122 Å². The van der Waals surface area contributed by atoms with Gasteiger partial charge in [0, 0.05) is 12.1 Å². The average molecular weight is 277 g/mol. The molecule has 0 unspecified atom stereocenters. The van der Waals surface area contributed by atoms with Crippen molar-refractivity contribution in [3.05, 3.63) is 77.9 Å². The van der Waals surface area contributed by atoms with E-state index in [4.69, 9.17) is 0 Å². The standard InChI is InChI=1S/C18H15NO2/c20-17-9-8-14-10-16(7-6-15(14)11-17)18(21)19-12-13-4-2-1-3-5-13/h1-11,20H,12H2,(H,19,21).